The van der Waals surface area contributed by atoms with Crippen LogP contribution in [0, 0.1) is 10.1 Å². The van der Waals surface area contributed by atoms with E-state index in [1.165, 1.54) is 31.3 Å². The number of aromatic nitrogens is 2. The number of nitrogens with zero attached hydrogens (tertiary/aromatic N) is 3. The van der Waals surface area contributed by atoms with Crippen molar-refractivity contribution in [3.05, 3.63) is 75.6 Å². The first-order chi connectivity index (χ1) is 14.5. The largest absolute Gasteiger partial charge is 0.423 e. The summed E-state index contributed by atoms with van der Waals surface area (Å²) in [4.78, 5) is 22.3. The smallest absolute Gasteiger partial charge is 0.321 e. The molecule has 1 aromatic heterocycles. The number of halogens is 5. The highest BCUT2D eigenvalue weighted by Crippen LogP contribution is 2.40. The summed E-state index contributed by atoms with van der Waals surface area (Å²) in [5, 5.41) is 16.9. The molecule has 1 heterocycles. The number of para-hydroxylation sites is 1. The van der Waals surface area contributed by atoms with Crippen molar-refractivity contribution in [1.82, 2.24) is 9.78 Å². The summed E-state index contributed by atoms with van der Waals surface area (Å²) in [5.41, 5.74) is -3.64. The Morgan fingerprint density at radius 2 is 1.87 bits per heavy atom. The van der Waals surface area contributed by atoms with E-state index in [2.05, 4.69) is 10.4 Å². The Morgan fingerprint density at radius 3 is 2.48 bits per heavy atom. The molecular formula is C19H13F5N4O3. The van der Waals surface area contributed by atoms with E-state index in [4.69, 9.17) is 0 Å². The molecule has 0 aliphatic rings. The number of aryl methyl sites for hydroxylation is 1. The summed E-state index contributed by atoms with van der Waals surface area (Å²) < 4.78 is 67.2. The number of hydrogen-bond acceptors (Lipinski definition) is 4. The maximum atomic E-state index is 13.3. The molecule has 12 heteroatoms. The average Bonchev–Trinajstić information content (AvgIpc) is 3.09. The van der Waals surface area contributed by atoms with Crippen molar-refractivity contribution >= 4 is 17.3 Å². The quantitative estimate of drug-likeness (QED) is 0.335. The van der Waals surface area contributed by atoms with Gasteiger partial charge in [-0.25, -0.2) is 8.78 Å². The van der Waals surface area contributed by atoms with Crippen LogP contribution in [-0.2, 0) is 13.2 Å². The van der Waals surface area contributed by atoms with E-state index >= 15 is 0 Å². The molecular weight excluding hydrogens is 427 g/mol. The van der Waals surface area contributed by atoms with Crippen molar-refractivity contribution in [1.29, 1.82) is 0 Å². The second kappa shape index (κ2) is 8.13. The molecule has 7 nitrogen and oxygen atoms in total. The second-order valence-corrected chi connectivity index (χ2v) is 6.39. The predicted octanol–water partition coefficient (Wildman–Crippen LogP) is 5.20. The Labute approximate surface area is 171 Å². The third kappa shape index (κ3) is 4.52. The highest BCUT2D eigenvalue weighted by molar-refractivity contribution is 6.07. The molecule has 0 saturated heterocycles. The summed E-state index contributed by atoms with van der Waals surface area (Å²) in [6, 6.07) is 8.12. The zero-order valence-corrected chi connectivity index (χ0v) is 15.7. The van der Waals surface area contributed by atoms with Gasteiger partial charge in [-0.15, -0.1) is 0 Å². The van der Waals surface area contributed by atoms with Crippen LogP contribution in [-0.4, -0.2) is 20.6 Å². The molecule has 0 atom stereocenters. The van der Waals surface area contributed by atoms with Crippen LogP contribution in [0.25, 0.3) is 11.1 Å². The molecule has 1 N–H and O–H groups in total. The lowest BCUT2D eigenvalue weighted by Crippen LogP contribution is -2.14. The Balaban J connectivity index is 2.04. The average molecular weight is 440 g/mol. The van der Waals surface area contributed by atoms with Gasteiger partial charge in [-0.3, -0.25) is 19.6 Å². The van der Waals surface area contributed by atoms with Crippen LogP contribution in [0.1, 0.15) is 28.0 Å². The minimum absolute atomic E-state index is 0.0264. The number of amides is 1. The molecule has 3 aromatic rings. The summed E-state index contributed by atoms with van der Waals surface area (Å²) in [6.07, 6.45) is -6.91. The molecule has 0 radical (unpaired) electrons. The molecule has 0 aliphatic heterocycles. The van der Waals surface area contributed by atoms with Gasteiger partial charge in [-0.05, 0) is 23.8 Å². The molecule has 0 bridgehead atoms. The number of nitro benzene ring substituents is 1. The maximum Gasteiger partial charge on any atom is 0.423 e. The first-order valence-corrected chi connectivity index (χ1v) is 8.57. The normalized spacial score (nSPS) is 11.6. The zero-order chi connectivity index (χ0) is 22.9. The van der Waals surface area contributed by atoms with E-state index in [1.54, 1.807) is 0 Å². The lowest BCUT2D eigenvalue weighted by molar-refractivity contribution is -0.388. The fourth-order valence-corrected chi connectivity index (χ4v) is 2.97. The summed E-state index contributed by atoms with van der Waals surface area (Å²) in [5.74, 6) is -0.936. The number of alkyl halides is 5. The van der Waals surface area contributed by atoms with Crippen molar-refractivity contribution in [3.63, 3.8) is 0 Å². The monoisotopic (exact) mass is 440 g/mol. The number of carbonyl (C=O) groups is 1. The highest BCUT2D eigenvalue weighted by atomic mass is 19.4. The number of rotatable bonds is 5. The lowest BCUT2D eigenvalue weighted by atomic mass is 9.99. The predicted molar refractivity (Wildman–Crippen MR) is 99.7 cm³/mol. The number of carbonyl (C=O) groups excluding carboxylic acids is 1. The standard InChI is InChI=1S/C19H13F5N4O3/c1-27-9-12(16(26-27)17(20)21)18(29)25-14-5-3-2-4-11(14)10-6-7-15(28(30)31)13(8-10)19(22,23)24/h2-9,17H,1H3,(H,25,29). The first kappa shape index (κ1) is 21.9. The van der Waals surface area contributed by atoms with Gasteiger partial charge in [0.05, 0.1) is 10.5 Å². The van der Waals surface area contributed by atoms with Crippen LogP contribution in [0.15, 0.2) is 48.7 Å². The number of hydrogen-bond donors (Lipinski definition) is 1. The van der Waals surface area contributed by atoms with Crippen molar-refractivity contribution in [3.8, 4) is 11.1 Å². The summed E-state index contributed by atoms with van der Waals surface area (Å²) in [7, 11) is 1.35. The number of nitrogens with one attached hydrogen (secondary N) is 1. The molecule has 0 aliphatic carbocycles. The van der Waals surface area contributed by atoms with Gasteiger partial charge in [0, 0.05) is 30.6 Å². The minimum Gasteiger partial charge on any atom is -0.321 e. The van der Waals surface area contributed by atoms with E-state index in [0.29, 0.717) is 12.1 Å². The lowest BCUT2D eigenvalue weighted by Gasteiger charge is -2.13. The van der Waals surface area contributed by atoms with Gasteiger partial charge in [-0.1, -0.05) is 18.2 Å². The molecule has 2 aromatic carbocycles. The van der Waals surface area contributed by atoms with Crippen LogP contribution >= 0.6 is 0 Å². The van der Waals surface area contributed by atoms with Gasteiger partial charge in [0.25, 0.3) is 18.0 Å². The second-order valence-electron chi connectivity index (χ2n) is 6.39. The van der Waals surface area contributed by atoms with Crippen LogP contribution in [0.5, 0.6) is 0 Å². The molecule has 31 heavy (non-hydrogen) atoms. The van der Waals surface area contributed by atoms with Crippen LogP contribution < -0.4 is 5.32 Å². The highest BCUT2D eigenvalue weighted by Gasteiger charge is 2.38. The number of nitro groups is 1. The van der Waals surface area contributed by atoms with Crippen molar-refractivity contribution in [2.45, 2.75) is 12.6 Å². The molecule has 3 rings (SSSR count). The fraction of sp³-hybridized carbons (Fsp3) is 0.158. The number of benzene rings is 2. The van der Waals surface area contributed by atoms with E-state index in [1.807, 2.05) is 0 Å². The van der Waals surface area contributed by atoms with Gasteiger partial charge in [0.1, 0.15) is 11.3 Å². The molecule has 0 saturated carbocycles. The number of anilines is 1. The van der Waals surface area contributed by atoms with Gasteiger partial charge in [-0.2, -0.15) is 18.3 Å². The fourth-order valence-electron chi connectivity index (χ4n) is 2.97. The Hall–Kier alpha value is -3.83. The third-order valence-electron chi connectivity index (χ3n) is 4.29. The topological polar surface area (TPSA) is 90.1 Å². The van der Waals surface area contributed by atoms with Gasteiger partial charge < -0.3 is 5.32 Å². The molecule has 0 unspecified atom stereocenters. The van der Waals surface area contributed by atoms with Crippen molar-refractivity contribution in [2.75, 3.05) is 5.32 Å². The first-order valence-electron chi connectivity index (χ1n) is 8.57. The van der Waals surface area contributed by atoms with E-state index in [9.17, 15) is 36.9 Å². The Morgan fingerprint density at radius 1 is 1.19 bits per heavy atom. The summed E-state index contributed by atoms with van der Waals surface area (Å²) in [6.45, 7) is 0. The van der Waals surface area contributed by atoms with E-state index in [0.717, 1.165) is 16.9 Å². The van der Waals surface area contributed by atoms with Crippen LogP contribution in [0.4, 0.5) is 33.3 Å². The van der Waals surface area contributed by atoms with E-state index in [-0.39, 0.29) is 16.8 Å². The van der Waals surface area contributed by atoms with E-state index < -0.39 is 45.9 Å². The van der Waals surface area contributed by atoms with Crippen LogP contribution in [0.2, 0.25) is 0 Å². The SMILES string of the molecule is Cn1cc(C(=O)Nc2ccccc2-c2ccc([N+](=O)[O-])c(C(F)(F)F)c2)c(C(F)F)n1. The minimum atomic E-state index is -4.99. The van der Waals surface area contributed by atoms with Gasteiger partial charge in [0.2, 0.25) is 0 Å². The van der Waals surface area contributed by atoms with Gasteiger partial charge >= 0.3 is 6.18 Å². The van der Waals surface area contributed by atoms with Gasteiger partial charge in [0.15, 0.2) is 0 Å². The Kier molecular flexibility index (Phi) is 5.73. The Bertz CT molecular complexity index is 1160. The molecule has 0 spiro atoms. The third-order valence-corrected chi connectivity index (χ3v) is 4.29. The zero-order valence-electron chi connectivity index (χ0n) is 15.7. The molecule has 162 valence electrons. The summed E-state index contributed by atoms with van der Waals surface area (Å²) >= 11 is 0. The maximum absolute atomic E-state index is 13.3. The molecule has 1 amide bonds. The van der Waals surface area contributed by atoms with Crippen LogP contribution in [0.3, 0.4) is 0 Å². The molecule has 0 fully saturated rings. The van der Waals surface area contributed by atoms with Crippen molar-refractivity contribution < 1.29 is 31.7 Å². The van der Waals surface area contributed by atoms with Crippen molar-refractivity contribution in [2.24, 2.45) is 7.05 Å².